The van der Waals surface area contributed by atoms with Gasteiger partial charge in [0, 0.05) is 5.92 Å². The average Bonchev–Trinajstić information content (AvgIpc) is 2.87. The molecule has 1 fully saturated rings. The lowest BCUT2D eigenvalue weighted by atomic mass is 10.4. The van der Waals surface area contributed by atoms with Crippen LogP contribution in [-0.4, -0.2) is 15.0 Å². The number of fused-ring (bicyclic) bond motifs is 1. The summed E-state index contributed by atoms with van der Waals surface area (Å²) in [6.45, 7) is 0. The Balaban J connectivity index is 2.26. The second-order valence-electron chi connectivity index (χ2n) is 3.26. The number of thiazole rings is 1. The van der Waals surface area contributed by atoms with E-state index in [0.717, 1.165) is 9.84 Å². The normalized spacial score (nSPS) is 16.4. The van der Waals surface area contributed by atoms with E-state index in [1.165, 1.54) is 12.8 Å². The van der Waals surface area contributed by atoms with Crippen LogP contribution in [0.4, 0.5) is 0 Å². The molecule has 1 aliphatic carbocycles. The zero-order valence-corrected chi connectivity index (χ0v) is 9.33. The van der Waals surface area contributed by atoms with Crippen molar-refractivity contribution in [2.24, 2.45) is 0 Å². The third-order valence-electron chi connectivity index (χ3n) is 2.13. The fourth-order valence-corrected chi connectivity index (χ4v) is 2.92. The summed E-state index contributed by atoms with van der Waals surface area (Å²) in [5.41, 5.74) is 0.683. The van der Waals surface area contributed by atoms with Gasteiger partial charge in [-0.05, 0) is 24.4 Å². The number of hydrogen-bond acceptors (Lipinski definition) is 4. The van der Waals surface area contributed by atoms with Gasteiger partial charge in [0.25, 0.3) is 0 Å². The standard InChI is InChI=1S/C8H5Cl2N3S/c9-5-4-7(13-8(10)12-5)14-6(11-4)3-1-2-3/h3H,1-2H2. The topological polar surface area (TPSA) is 38.7 Å². The summed E-state index contributed by atoms with van der Waals surface area (Å²) in [5, 5.41) is 1.65. The molecule has 0 bridgehead atoms. The van der Waals surface area contributed by atoms with Gasteiger partial charge < -0.3 is 0 Å². The second-order valence-corrected chi connectivity index (χ2v) is 4.97. The van der Waals surface area contributed by atoms with Crippen LogP contribution < -0.4 is 0 Å². The Morgan fingerprint density at radius 2 is 1.93 bits per heavy atom. The molecule has 1 saturated carbocycles. The number of nitrogens with zero attached hydrogens (tertiary/aromatic N) is 3. The van der Waals surface area contributed by atoms with Crippen molar-refractivity contribution >= 4 is 44.9 Å². The summed E-state index contributed by atoms with van der Waals surface area (Å²) in [5.74, 6) is 0.615. The van der Waals surface area contributed by atoms with E-state index in [2.05, 4.69) is 15.0 Å². The highest BCUT2D eigenvalue weighted by Crippen LogP contribution is 2.43. The molecule has 0 atom stereocenters. The average molecular weight is 246 g/mol. The molecule has 6 heteroatoms. The van der Waals surface area contributed by atoms with Crippen molar-refractivity contribution in [2.75, 3.05) is 0 Å². The van der Waals surface area contributed by atoms with E-state index in [4.69, 9.17) is 23.2 Å². The van der Waals surface area contributed by atoms with Crippen LogP contribution in [0, 0.1) is 0 Å². The van der Waals surface area contributed by atoms with Gasteiger partial charge >= 0.3 is 0 Å². The van der Waals surface area contributed by atoms with Crippen LogP contribution in [-0.2, 0) is 0 Å². The van der Waals surface area contributed by atoms with Crippen LogP contribution in [0.5, 0.6) is 0 Å². The number of halogens is 2. The fourth-order valence-electron chi connectivity index (χ4n) is 1.29. The minimum Gasteiger partial charge on any atom is -0.236 e. The zero-order valence-electron chi connectivity index (χ0n) is 7.00. The Morgan fingerprint density at radius 3 is 2.64 bits per heavy atom. The van der Waals surface area contributed by atoms with E-state index < -0.39 is 0 Å². The summed E-state index contributed by atoms with van der Waals surface area (Å²) in [6.07, 6.45) is 2.44. The molecule has 2 heterocycles. The molecule has 0 saturated heterocycles. The first-order chi connectivity index (χ1) is 6.74. The predicted molar refractivity (Wildman–Crippen MR) is 57.2 cm³/mol. The Bertz CT molecular complexity index is 507. The first-order valence-electron chi connectivity index (χ1n) is 4.23. The van der Waals surface area contributed by atoms with Gasteiger partial charge in [-0.15, -0.1) is 0 Å². The molecule has 0 aromatic carbocycles. The van der Waals surface area contributed by atoms with Gasteiger partial charge in [-0.1, -0.05) is 22.9 Å². The molecule has 0 N–H and O–H groups in total. The van der Waals surface area contributed by atoms with E-state index in [-0.39, 0.29) is 5.28 Å². The van der Waals surface area contributed by atoms with E-state index in [1.807, 2.05) is 0 Å². The van der Waals surface area contributed by atoms with Crippen LogP contribution in [0.1, 0.15) is 23.8 Å². The summed E-state index contributed by atoms with van der Waals surface area (Å²) in [7, 11) is 0. The van der Waals surface area contributed by atoms with Crippen molar-refractivity contribution in [3.05, 3.63) is 15.4 Å². The molecule has 3 nitrogen and oxygen atoms in total. The van der Waals surface area contributed by atoms with Crippen LogP contribution in [0.2, 0.25) is 10.4 Å². The van der Waals surface area contributed by atoms with Gasteiger partial charge in [0.05, 0.1) is 5.01 Å². The maximum Gasteiger partial charge on any atom is 0.225 e. The third-order valence-corrected chi connectivity index (χ3v) is 3.68. The summed E-state index contributed by atoms with van der Waals surface area (Å²) < 4.78 is 0. The van der Waals surface area contributed by atoms with Gasteiger partial charge in [0.15, 0.2) is 5.15 Å². The lowest BCUT2D eigenvalue weighted by Gasteiger charge is -1.90. The maximum absolute atomic E-state index is 5.91. The Labute approximate surface area is 94.1 Å². The van der Waals surface area contributed by atoms with Gasteiger partial charge in [-0.3, -0.25) is 0 Å². The van der Waals surface area contributed by atoms with Crippen LogP contribution >= 0.6 is 34.5 Å². The monoisotopic (exact) mass is 245 g/mol. The molecular formula is C8H5Cl2N3S. The van der Waals surface area contributed by atoms with Crippen molar-refractivity contribution in [2.45, 2.75) is 18.8 Å². The van der Waals surface area contributed by atoms with Gasteiger partial charge in [-0.2, -0.15) is 0 Å². The van der Waals surface area contributed by atoms with Crippen LogP contribution in [0.3, 0.4) is 0 Å². The molecule has 0 amide bonds. The first-order valence-corrected chi connectivity index (χ1v) is 5.81. The van der Waals surface area contributed by atoms with E-state index in [9.17, 15) is 0 Å². The first kappa shape index (κ1) is 8.83. The lowest BCUT2D eigenvalue weighted by molar-refractivity contribution is 1.09. The second kappa shape index (κ2) is 3.02. The summed E-state index contributed by atoms with van der Waals surface area (Å²) >= 11 is 13.2. The number of aromatic nitrogens is 3. The molecule has 0 radical (unpaired) electrons. The van der Waals surface area contributed by atoms with Crippen molar-refractivity contribution in [1.82, 2.24) is 15.0 Å². The zero-order chi connectivity index (χ0) is 9.71. The van der Waals surface area contributed by atoms with Crippen LogP contribution in [0.25, 0.3) is 10.3 Å². The van der Waals surface area contributed by atoms with E-state index >= 15 is 0 Å². The van der Waals surface area contributed by atoms with Crippen LogP contribution in [0.15, 0.2) is 0 Å². The lowest BCUT2D eigenvalue weighted by Crippen LogP contribution is -1.83. The minimum absolute atomic E-state index is 0.188. The molecule has 0 spiro atoms. The summed E-state index contributed by atoms with van der Waals surface area (Å²) in [6, 6.07) is 0. The molecule has 2 aromatic rings. The minimum atomic E-state index is 0.188. The number of hydrogen-bond donors (Lipinski definition) is 0. The highest BCUT2D eigenvalue weighted by atomic mass is 35.5. The van der Waals surface area contributed by atoms with Crippen molar-refractivity contribution < 1.29 is 0 Å². The molecule has 3 rings (SSSR count). The number of rotatable bonds is 1. The molecular weight excluding hydrogens is 241 g/mol. The van der Waals surface area contributed by atoms with Gasteiger partial charge in [0.2, 0.25) is 5.28 Å². The highest BCUT2D eigenvalue weighted by Gasteiger charge is 2.28. The van der Waals surface area contributed by atoms with E-state index in [0.29, 0.717) is 16.6 Å². The van der Waals surface area contributed by atoms with Gasteiger partial charge in [-0.25, -0.2) is 15.0 Å². The van der Waals surface area contributed by atoms with E-state index in [1.54, 1.807) is 11.3 Å². The molecule has 14 heavy (non-hydrogen) atoms. The highest BCUT2D eigenvalue weighted by molar-refractivity contribution is 7.18. The molecule has 2 aromatic heterocycles. The molecule has 1 aliphatic rings. The van der Waals surface area contributed by atoms with Crippen molar-refractivity contribution in [1.29, 1.82) is 0 Å². The predicted octanol–water partition coefficient (Wildman–Crippen LogP) is 3.27. The van der Waals surface area contributed by atoms with Crippen molar-refractivity contribution in [3.8, 4) is 0 Å². The summed E-state index contributed by atoms with van der Waals surface area (Å²) in [4.78, 5) is 13.2. The molecule has 72 valence electrons. The smallest absolute Gasteiger partial charge is 0.225 e. The quantitative estimate of drug-likeness (QED) is 0.572. The van der Waals surface area contributed by atoms with Crippen molar-refractivity contribution in [3.63, 3.8) is 0 Å². The fraction of sp³-hybridized carbons (Fsp3) is 0.375. The Kier molecular flexibility index (Phi) is 1.90. The Morgan fingerprint density at radius 1 is 1.14 bits per heavy atom. The maximum atomic E-state index is 5.91. The molecule has 0 aliphatic heterocycles. The molecule has 0 unspecified atom stereocenters. The SMILES string of the molecule is Clc1nc(Cl)c2nc(C3CC3)sc2n1. The third kappa shape index (κ3) is 1.38. The largest absolute Gasteiger partial charge is 0.236 e. The van der Waals surface area contributed by atoms with Gasteiger partial charge in [0.1, 0.15) is 10.3 Å². The Hall–Kier alpha value is -0.450.